The molecule has 2 aromatic carbocycles. The molecule has 2 N–H and O–H groups in total. The number of nitrogens with zero attached hydrogens (tertiary/aromatic N) is 2. The van der Waals surface area contributed by atoms with E-state index < -0.39 is 0 Å². The second-order valence-corrected chi connectivity index (χ2v) is 6.91. The van der Waals surface area contributed by atoms with Crippen molar-refractivity contribution >= 4 is 29.5 Å². The lowest BCUT2D eigenvalue weighted by atomic mass is 10.0. The molecule has 6 heteroatoms. The van der Waals surface area contributed by atoms with Crippen LogP contribution < -0.4 is 10.0 Å². The quantitative estimate of drug-likeness (QED) is 0.604. The van der Waals surface area contributed by atoms with Gasteiger partial charge in [0.25, 0.3) is 5.91 Å². The van der Waals surface area contributed by atoms with Crippen molar-refractivity contribution in [3.63, 3.8) is 0 Å². The summed E-state index contributed by atoms with van der Waals surface area (Å²) < 4.78 is 3.07. The van der Waals surface area contributed by atoms with Crippen LogP contribution in [0.5, 0.6) is 0 Å². The van der Waals surface area contributed by atoms with Gasteiger partial charge < -0.3 is 5.32 Å². The standard InChI is InChI=1S/C20H20N4OS/c1-14(2)15-4-6-16(7-5-15)19(25)23-17-8-10-18(11-9-17)26-24-20-21-12-3-13-22-20/h3-14H,1-2H3,(H,23,25)(H,21,22,24). The van der Waals surface area contributed by atoms with Crippen molar-refractivity contribution < 1.29 is 4.79 Å². The molecular formula is C20H20N4OS. The smallest absolute Gasteiger partial charge is 0.255 e. The van der Waals surface area contributed by atoms with E-state index in [0.29, 0.717) is 17.4 Å². The van der Waals surface area contributed by atoms with Crippen LogP contribution in [-0.4, -0.2) is 15.9 Å². The fourth-order valence-electron chi connectivity index (χ4n) is 2.29. The van der Waals surface area contributed by atoms with Crippen molar-refractivity contribution in [3.8, 4) is 0 Å². The molecular weight excluding hydrogens is 344 g/mol. The molecule has 0 atom stereocenters. The van der Waals surface area contributed by atoms with E-state index in [1.807, 2.05) is 48.5 Å². The van der Waals surface area contributed by atoms with Crippen molar-refractivity contribution in [2.24, 2.45) is 0 Å². The minimum Gasteiger partial charge on any atom is -0.322 e. The Hall–Kier alpha value is -2.86. The average Bonchev–Trinajstić information content (AvgIpc) is 2.68. The first-order valence-corrected chi connectivity index (χ1v) is 9.15. The summed E-state index contributed by atoms with van der Waals surface area (Å²) >= 11 is 1.41. The molecule has 26 heavy (non-hydrogen) atoms. The van der Waals surface area contributed by atoms with Crippen LogP contribution in [0.4, 0.5) is 11.6 Å². The normalized spacial score (nSPS) is 10.6. The summed E-state index contributed by atoms with van der Waals surface area (Å²) in [5, 5.41) is 2.91. The van der Waals surface area contributed by atoms with Crippen LogP contribution in [0.1, 0.15) is 35.7 Å². The van der Waals surface area contributed by atoms with Gasteiger partial charge in [-0.3, -0.25) is 9.52 Å². The molecule has 0 radical (unpaired) electrons. The van der Waals surface area contributed by atoms with Crippen LogP contribution in [0.2, 0.25) is 0 Å². The molecule has 0 spiro atoms. The van der Waals surface area contributed by atoms with Gasteiger partial charge in [0.1, 0.15) is 0 Å². The Morgan fingerprint density at radius 3 is 2.23 bits per heavy atom. The lowest BCUT2D eigenvalue weighted by Crippen LogP contribution is -2.11. The first-order valence-electron chi connectivity index (χ1n) is 8.33. The summed E-state index contributed by atoms with van der Waals surface area (Å²) in [6, 6.07) is 17.1. The Morgan fingerprint density at radius 1 is 0.962 bits per heavy atom. The molecule has 0 fully saturated rings. The van der Waals surface area contributed by atoms with Crippen LogP contribution in [0.15, 0.2) is 71.9 Å². The third kappa shape index (κ3) is 4.83. The summed E-state index contributed by atoms with van der Waals surface area (Å²) in [6.45, 7) is 4.26. The SMILES string of the molecule is CC(C)c1ccc(C(=O)Nc2ccc(SNc3ncccn3)cc2)cc1. The largest absolute Gasteiger partial charge is 0.322 e. The van der Waals surface area contributed by atoms with E-state index in [9.17, 15) is 4.79 Å². The van der Waals surface area contributed by atoms with E-state index in [-0.39, 0.29) is 5.91 Å². The maximum absolute atomic E-state index is 12.3. The minimum absolute atomic E-state index is 0.114. The van der Waals surface area contributed by atoms with Crippen molar-refractivity contribution in [1.82, 2.24) is 9.97 Å². The number of carbonyl (C=O) groups excluding carboxylic acids is 1. The Balaban J connectivity index is 1.57. The fourth-order valence-corrected chi connectivity index (χ4v) is 2.87. The summed E-state index contributed by atoms with van der Waals surface area (Å²) in [7, 11) is 0. The van der Waals surface area contributed by atoms with Gasteiger partial charge in [-0.2, -0.15) is 0 Å². The van der Waals surface area contributed by atoms with E-state index in [0.717, 1.165) is 10.6 Å². The summed E-state index contributed by atoms with van der Waals surface area (Å²) in [6.07, 6.45) is 3.37. The molecule has 132 valence electrons. The van der Waals surface area contributed by atoms with Gasteiger partial charge in [0, 0.05) is 28.5 Å². The zero-order valence-electron chi connectivity index (χ0n) is 14.6. The second kappa shape index (κ2) is 8.49. The molecule has 5 nitrogen and oxygen atoms in total. The number of hydrogen-bond donors (Lipinski definition) is 2. The zero-order valence-corrected chi connectivity index (χ0v) is 15.5. The third-order valence-electron chi connectivity index (χ3n) is 3.78. The maximum atomic E-state index is 12.3. The summed E-state index contributed by atoms with van der Waals surface area (Å²) in [5.74, 6) is 0.892. The first-order chi connectivity index (χ1) is 12.6. The number of aromatic nitrogens is 2. The minimum atomic E-state index is -0.114. The van der Waals surface area contributed by atoms with Crippen LogP contribution in [0, 0.1) is 0 Å². The fraction of sp³-hybridized carbons (Fsp3) is 0.150. The van der Waals surface area contributed by atoms with Gasteiger partial charge in [0.05, 0.1) is 0 Å². The van der Waals surface area contributed by atoms with E-state index >= 15 is 0 Å². The predicted molar refractivity (Wildman–Crippen MR) is 106 cm³/mol. The number of hydrogen-bond acceptors (Lipinski definition) is 5. The molecule has 1 heterocycles. The number of anilines is 2. The van der Waals surface area contributed by atoms with Crippen LogP contribution in [0.3, 0.4) is 0 Å². The zero-order chi connectivity index (χ0) is 18.4. The van der Waals surface area contributed by atoms with E-state index in [2.05, 4.69) is 33.9 Å². The number of amides is 1. The molecule has 0 bridgehead atoms. The third-order valence-corrected chi connectivity index (χ3v) is 4.57. The number of benzene rings is 2. The van der Waals surface area contributed by atoms with E-state index in [1.54, 1.807) is 18.5 Å². The lowest BCUT2D eigenvalue weighted by Gasteiger charge is -2.09. The molecule has 0 aliphatic heterocycles. The van der Waals surface area contributed by atoms with Crippen molar-refractivity contribution in [1.29, 1.82) is 0 Å². The van der Waals surface area contributed by atoms with Gasteiger partial charge in [-0.25, -0.2) is 9.97 Å². The second-order valence-electron chi connectivity index (χ2n) is 6.03. The molecule has 1 amide bonds. The molecule has 3 aromatic rings. The lowest BCUT2D eigenvalue weighted by molar-refractivity contribution is 0.102. The predicted octanol–water partition coefficient (Wildman–Crippen LogP) is 4.97. The molecule has 0 saturated heterocycles. The first kappa shape index (κ1) is 17.9. The van der Waals surface area contributed by atoms with E-state index in [4.69, 9.17) is 0 Å². The maximum Gasteiger partial charge on any atom is 0.255 e. The van der Waals surface area contributed by atoms with Gasteiger partial charge in [-0.15, -0.1) is 0 Å². The van der Waals surface area contributed by atoms with Gasteiger partial charge >= 0.3 is 0 Å². The molecule has 0 aliphatic rings. The van der Waals surface area contributed by atoms with Crippen LogP contribution >= 0.6 is 11.9 Å². The van der Waals surface area contributed by atoms with Gasteiger partial charge in [-0.05, 0) is 65.9 Å². The Bertz CT molecular complexity index is 849. The molecule has 0 saturated carbocycles. The monoisotopic (exact) mass is 364 g/mol. The topological polar surface area (TPSA) is 66.9 Å². The molecule has 3 rings (SSSR count). The van der Waals surface area contributed by atoms with Crippen LogP contribution in [-0.2, 0) is 0 Å². The molecule has 0 unspecified atom stereocenters. The van der Waals surface area contributed by atoms with Crippen molar-refractivity contribution in [3.05, 3.63) is 78.1 Å². The Kier molecular flexibility index (Phi) is 5.86. The summed E-state index contributed by atoms with van der Waals surface area (Å²) in [4.78, 5) is 21.5. The highest BCUT2D eigenvalue weighted by Gasteiger charge is 2.07. The average molecular weight is 364 g/mol. The van der Waals surface area contributed by atoms with Gasteiger partial charge in [-0.1, -0.05) is 26.0 Å². The number of carbonyl (C=O) groups is 1. The Labute approximate surface area is 157 Å². The summed E-state index contributed by atoms with van der Waals surface area (Å²) in [5.41, 5.74) is 2.62. The van der Waals surface area contributed by atoms with Crippen molar-refractivity contribution in [2.45, 2.75) is 24.7 Å². The highest BCUT2D eigenvalue weighted by atomic mass is 32.2. The highest BCUT2D eigenvalue weighted by molar-refractivity contribution is 8.00. The van der Waals surface area contributed by atoms with Gasteiger partial charge in [0.2, 0.25) is 5.95 Å². The number of rotatable bonds is 6. The molecule has 0 aliphatic carbocycles. The highest BCUT2D eigenvalue weighted by Crippen LogP contribution is 2.21. The van der Waals surface area contributed by atoms with Gasteiger partial charge in [0.15, 0.2) is 0 Å². The Morgan fingerprint density at radius 2 is 1.62 bits per heavy atom. The van der Waals surface area contributed by atoms with Crippen molar-refractivity contribution in [2.75, 3.05) is 10.0 Å². The van der Waals surface area contributed by atoms with Crippen LogP contribution in [0.25, 0.3) is 0 Å². The van der Waals surface area contributed by atoms with E-state index in [1.165, 1.54) is 17.5 Å². The number of nitrogens with one attached hydrogen (secondary N) is 2. The molecule has 1 aromatic heterocycles.